The van der Waals surface area contributed by atoms with Crippen molar-refractivity contribution in [3.05, 3.63) is 24.3 Å². The molecule has 0 saturated heterocycles. The number of nitrogens with zero attached hydrogens (tertiary/aromatic N) is 1. The predicted octanol–water partition coefficient (Wildman–Crippen LogP) is 12.3. The largest absolute Gasteiger partial charge is 0.545 e. The van der Waals surface area contributed by atoms with Crippen LogP contribution in [0.4, 0.5) is 0 Å². The summed E-state index contributed by atoms with van der Waals surface area (Å²) in [7, 11) is 5.92. The van der Waals surface area contributed by atoms with Crippen LogP contribution in [0.2, 0.25) is 0 Å². The number of hydrogen-bond acceptors (Lipinski definition) is 8. The van der Waals surface area contributed by atoms with Gasteiger partial charge in [-0.25, -0.2) is 0 Å². The van der Waals surface area contributed by atoms with Gasteiger partial charge in [-0.05, 0) is 44.9 Å². The van der Waals surface area contributed by atoms with Gasteiger partial charge in [-0.3, -0.25) is 9.59 Å². The van der Waals surface area contributed by atoms with E-state index in [1.165, 1.54) is 141 Å². The lowest BCUT2D eigenvalue weighted by molar-refractivity contribution is -0.870. The number of carboxylic acid groups (broad SMARTS) is 1. The minimum Gasteiger partial charge on any atom is -0.545 e. The molecule has 60 heavy (non-hydrogen) atoms. The van der Waals surface area contributed by atoms with E-state index >= 15 is 0 Å². The van der Waals surface area contributed by atoms with Crippen LogP contribution in [0.25, 0.3) is 0 Å². The first-order valence-corrected chi connectivity index (χ1v) is 25.0. The smallest absolute Gasteiger partial charge is 0.306 e. The van der Waals surface area contributed by atoms with Gasteiger partial charge in [0.2, 0.25) is 0 Å². The first kappa shape index (κ1) is 57.8. The Hall–Kier alpha value is -2.23. The summed E-state index contributed by atoms with van der Waals surface area (Å²) in [4.78, 5) is 37.1. The third-order valence-electron chi connectivity index (χ3n) is 11.0. The van der Waals surface area contributed by atoms with Gasteiger partial charge < -0.3 is 33.3 Å². The van der Waals surface area contributed by atoms with Gasteiger partial charge in [0, 0.05) is 12.8 Å². The van der Waals surface area contributed by atoms with E-state index in [1.807, 2.05) is 21.1 Å². The molecule has 0 heterocycles. The second kappa shape index (κ2) is 43.4. The van der Waals surface area contributed by atoms with Gasteiger partial charge in [-0.15, -0.1) is 0 Å². The van der Waals surface area contributed by atoms with E-state index in [-0.39, 0.29) is 32.2 Å². The van der Waals surface area contributed by atoms with Gasteiger partial charge in [-0.1, -0.05) is 192 Å². The molecule has 0 aromatic heterocycles. The van der Waals surface area contributed by atoms with Crippen molar-refractivity contribution in [1.82, 2.24) is 0 Å². The highest BCUT2D eigenvalue weighted by Gasteiger charge is 2.22. The molecule has 0 aliphatic heterocycles. The van der Waals surface area contributed by atoms with E-state index in [0.29, 0.717) is 23.9 Å². The summed E-state index contributed by atoms with van der Waals surface area (Å²) in [6, 6.07) is 0. The number of quaternary nitrogens is 1. The Kier molecular flexibility index (Phi) is 41.8. The number of hydrogen-bond donors (Lipinski definition) is 0. The summed E-state index contributed by atoms with van der Waals surface area (Å²) in [6.07, 6.45) is 44.9. The van der Waals surface area contributed by atoms with Crippen LogP contribution < -0.4 is 5.11 Å². The van der Waals surface area contributed by atoms with Crippen molar-refractivity contribution in [3.8, 4) is 0 Å². The summed E-state index contributed by atoms with van der Waals surface area (Å²) in [5, 5.41) is 11.7. The topological polar surface area (TPSA) is 111 Å². The highest BCUT2D eigenvalue weighted by molar-refractivity contribution is 5.70. The van der Waals surface area contributed by atoms with Gasteiger partial charge in [0.25, 0.3) is 0 Å². The fraction of sp³-hybridized carbons (Fsp3) is 0.863. The fourth-order valence-corrected chi connectivity index (χ4v) is 7.04. The number of carbonyl (C=O) groups excluding carboxylic acids is 3. The van der Waals surface area contributed by atoms with Crippen LogP contribution >= 0.6 is 0 Å². The Morgan fingerprint density at radius 1 is 0.500 bits per heavy atom. The molecule has 9 nitrogen and oxygen atoms in total. The van der Waals surface area contributed by atoms with Crippen LogP contribution in [-0.2, 0) is 33.3 Å². The normalized spacial score (nSPS) is 13.0. The van der Waals surface area contributed by atoms with Gasteiger partial charge in [0.15, 0.2) is 12.4 Å². The van der Waals surface area contributed by atoms with E-state index < -0.39 is 24.3 Å². The fourth-order valence-electron chi connectivity index (χ4n) is 7.04. The van der Waals surface area contributed by atoms with Gasteiger partial charge in [0.05, 0.1) is 40.3 Å². The Balaban J connectivity index is 4.35. The number of unbranched alkanes of at least 4 members (excludes halogenated alkanes) is 27. The maximum atomic E-state index is 12.8. The van der Waals surface area contributed by atoms with Crippen LogP contribution in [0.1, 0.15) is 226 Å². The third-order valence-corrected chi connectivity index (χ3v) is 11.0. The summed E-state index contributed by atoms with van der Waals surface area (Å²) in [5.41, 5.74) is 0. The van der Waals surface area contributed by atoms with Gasteiger partial charge in [-0.2, -0.15) is 0 Å². The van der Waals surface area contributed by atoms with Crippen LogP contribution in [-0.4, -0.2) is 82.3 Å². The third kappa shape index (κ3) is 43.8. The SMILES string of the molecule is CCCCC/C=C\C/C=C\CCCCCCCCCCCC(=O)OC(COC(=O)CCCCCCCCCCCCCCCCCC)COC(OCC[N+](C)(C)C)C(=O)[O-]. The molecule has 0 N–H and O–H groups in total. The summed E-state index contributed by atoms with van der Waals surface area (Å²) < 4.78 is 22.6. The Morgan fingerprint density at radius 2 is 0.900 bits per heavy atom. The number of ether oxygens (including phenoxy) is 4. The molecule has 0 aromatic carbocycles. The Bertz CT molecular complexity index is 1040. The molecule has 2 atom stereocenters. The number of likely N-dealkylation sites (N-methyl/N-ethyl adjacent to an activating group) is 1. The number of carboxylic acids is 1. The molecule has 352 valence electrons. The minimum absolute atomic E-state index is 0.149. The number of carbonyl (C=O) groups is 3. The van der Waals surface area contributed by atoms with Crippen molar-refractivity contribution < 1.29 is 42.9 Å². The number of aliphatic carboxylic acids is 1. The lowest BCUT2D eigenvalue weighted by Gasteiger charge is -2.26. The molecule has 0 amide bonds. The molecular formula is C51H95NO8. The predicted molar refractivity (Wildman–Crippen MR) is 246 cm³/mol. The molecule has 0 radical (unpaired) electrons. The van der Waals surface area contributed by atoms with Crippen molar-refractivity contribution >= 4 is 17.9 Å². The first-order chi connectivity index (χ1) is 29.1. The molecule has 0 rings (SSSR count). The molecule has 0 saturated carbocycles. The maximum Gasteiger partial charge on any atom is 0.306 e. The van der Waals surface area contributed by atoms with Crippen molar-refractivity contribution in [1.29, 1.82) is 0 Å². The zero-order valence-corrected chi connectivity index (χ0v) is 39.8. The van der Waals surface area contributed by atoms with Crippen molar-refractivity contribution in [3.63, 3.8) is 0 Å². The summed E-state index contributed by atoms with van der Waals surface area (Å²) in [6.45, 7) is 4.74. The Labute approximate surface area is 369 Å². The lowest BCUT2D eigenvalue weighted by Crippen LogP contribution is -2.44. The van der Waals surface area contributed by atoms with Gasteiger partial charge >= 0.3 is 11.9 Å². The molecule has 0 spiro atoms. The minimum atomic E-state index is -1.62. The highest BCUT2D eigenvalue weighted by atomic mass is 16.7. The average molecular weight is 850 g/mol. The van der Waals surface area contributed by atoms with Crippen LogP contribution in [0.3, 0.4) is 0 Å². The first-order valence-electron chi connectivity index (χ1n) is 25.0. The van der Waals surface area contributed by atoms with Crippen molar-refractivity contribution in [2.24, 2.45) is 0 Å². The average Bonchev–Trinajstić information content (AvgIpc) is 3.21. The molecule has 0 aliphatic rings. The molecule has 2 unspecified atom stereocenters. The van der Waals surface area contributed by atoms with E-state index in [9.17, 15) is 19.5 Å². The van der Waals surface area contributed by atoms with Crippen LogP contribution in [0.15, 0.2) is 24.3 Å². The lowest BCUT2D eigenvalue weighted by atomic mass is 10.0. The van der Waals surface area contributed by atoms with E-state index in [2.05, 4.69) is 38.2 Å². The second-order valence-corrected chi connectivity index (χ2v) is 18.1. The maximum absolute atomic E-state index is 12.8. The highest BCUT2D eigenvalue weighted by Crippen LogP contribution is 2.16. The number of allylic oxidation sites excluding steroid dienone is 4. The summed E-state index contributed by atoms with van der Waals surface area (Å²) >= 11 is 0. The molecule has 0 fully saturated rings. The number of rotatable bonds is 46. The van der Waals surface area contributed by atoms with Gasteiger partial charge in [0.1, 0.15) is 13.2 Å². The molecule has 0 aromatic rings. The molecule has 0 aliphatic carbocycles. The number of esters is 2. The summed E-state index contributed by atoms with van der Waals surface area (Å²) in [5.74, 6) is -2.28. The van der Waals surface area contributed by atoms with Crippen LogP contribution in [0.5, 0.6) is 0 Å². The Morgan fingerprint density at radius 3 is 1.35 bits per heavy atom. The van der Waals surface area contributed by atoms with E-state index in [0.717, 1.165) is 51.4 Å². The quantitative estimate of drug-likeness (QED) is 0.0196. The van der Waals surface area contributed by atoms with Crippen LogP contribution in [0, 0.1) is 0 Å². The zero-order chi connectivity index (χ0) is 44.2. The zero-order valence-electron chi connectivity index (χ0n) is 39.8. The van der Waals surface area contributed by atoms with E-state index in [4.69, 9.17) is 18.9 Å². The van der Waals surface area contributed by atoms with E-state index in [1.54, 1.807) is 0 Å². The standard InChI is InChI=1S/C51H95NO8/c1-6-8-10-12-14-16-18-20-22-24-25-26-28-30-32-34-36-38-40-42-49(54)60-47(46-59-51(50(55)56)57-44-43-52(3,4)5)45-58-48(53)41-39-37-35-33-31-29-27-23-21-19-17-15-13-11-9-7-2/h14,16,20,22,47,51H,6-13,15,17-19,21,23-46H2,1-5H3/b16-14-,22-20-. The molecule has 9 heteroatoms. The molecular weight excluding hydrogens is 755 g/mol. The second-order valence-electron chi connectivity index (χ2n) is 18.1. The van der Waals surface area contributed by atoms with Crippen molar-refractivity contribution in [2.45, 2.75) is 238 Å². The molecule has 0 bridgehead atoms. The monoisotopic (exact) mass is 850 g/mol. The van der Waals surface area contributed by atoms with Crippen molar-refractivity contribution in [2.75, 3.05) is 47.5 Å².